The van der Waals surface area contributed by atoms with Crippen LogP contribution >= 0.6 is 0 Å². The summed E-state index contributed by atoms with van der Waals surface area (Å²) in [6.45, 7) is 0. The number of aromatic nitrogens is 2. The summed E-state index contributed by atoms with van der Waals surface area (Å²) in [7, 11) is 0. The number of rotatable bonds is 1. The lowest BCUT2D eigenvalue weighted by molar-refractivity contribution is -0.138. The molecule has 0 atom stereocenters. The van der Waals surface area contributed by atoms with Gasteiger partial charge < -0.3 is 0 Å². The molecule has 0 fully saturated rings. The van der Waals surface area contributed by atoms with Crippen LogP contribution in [-0.4, -0.2) is 9.55 Å². The molecular formula is C11H7F3N2O. The van der Waals surface area contributed by atoms with E-state index in [0.29, 0.717) is 5.69 Å². The van der Waals surface area contributed by atoms with E-state index in [1.165, 1.54) is 30.7 Å². The fourth-order valence-electron chi connectivity index (χ4n) is 1.41. The van der Waals surface area contributed by atoms with Gasteiger partial charge in [-0.25, -0.2) is 0 Å². The fourth-order valence-corrected chi connectivity index (χ4v) is 1.41. The number of halogens is 3. The summed E-state index contributed by atoms with van der Waals surface area (Å²) in [5.74, 6) is 0. The maximum atomic E-state index is 12.5. The van der Waals surface area contributed by atoms with Gasteiger partial charge >= 0.3 is 6.18 Å². The topological polar surface area (TPSA) is 34.9 Å². The third-order valence-electron chi connectivity index (χ3n) is 2.18. The molecule has 88 valence electrons. The molecule has 0 unspecified atom stereocenters. The maximum Gasteiger partial charge on any atom is 0.421 e. The molecule has 0 spiro atoms. The second-order valence-corrected chi connectivity index (χ2v) is 3.31. The van der Waals surface area contributed by atoms with Crippen LogP contribution in [0.15, 0.2) is 47.7 Å². The predicted molar refractivity (Wildman–Crippen MR) is 54.8 cm³/mol. The Morgan fingerprint density at radius 3 is 2.53 bits per heavy atom. The molecule has 0 saturated carbocycles. The van der Waals surface area contributed by atoms with Gasteiger partial charge in [-0.05, 0) is 24.3 Å². The highest BCUT2D eigenvalue weighted by molar-refractivity contribution is 5.30. The van der Waals surface area contributed by atoms with E-state index < -0.39 is 17.3 Å². The monoisotopic (exact) mass is 240 g/mol. The normalized spacial score (nSPS) is 11.5. The van der Waals surface area contributed by atoms with Gasteiger partial charge in [0.2, 0.25) is 0 Å². The second-order valence-electron chi connectivity index (χ2n) is 3.31. The Bertz CT molecular complexity index is 575. The third kappa shape index (κ3) is 2.20. The van der Waals surface area contributed by atoms with Crippen LogP contribution in [0.3, 0.4) is 0 Å². The lowest BCUT2D eigenvalue weighted by Crippen LogP contribution is -2.26. The first-order valence-corrected chi connectivity index (χ1v) is 4.69. The molecule has 3 nitrogen and oxygen atoms in total. The molecule has 2 heterocycles. The van der Waals surface area contributed by atoms with Crippen molar-refractivity contribution >= 4 is 0 Å². The van der Waals surface area contributed by atoms with E-state index in [9.17, 15) is 18.0 Å². The van der Waals surface area contributed by atoms with Crippen LogP contribution in [0.2, 0.25) is 0 Å². The van der Waals surface area contributed by atoms with Crippen LogP contribution in [0.4, 0.5) is 13.2 Å². The minimum Gasteiger partial charge on any atom is -0.282 e. The van der Waals surface area contributed by atoms with Crippen LogP contribution < -0.4 is 5.56 Å². The summed E-state index contributed by atoms with van der Waals surface area (Å²) in [6, 6.07) is 4.99. The van der Waals surface area contributed by atoms with E-state index in [-0.39, 0.29) is 0 Å². The maximum absolute atomic E-state index is 12.5. The summed E-state index contributed by atoms with van der Waals surface area (Å²) >= 11 is 0. The van der Waals surface area contributed by atoms with Gasteiger partial charge in [0.05, 0.1) is 11.9 Å². The zero-order chi connectivity index (χ0) is 12.5. The average molecular weight is 240 g/mol. The highest BCUT2D eigenvalue weighted by Crippen LogP contribution is 2.26. The quantitative estimate of drug-likeness (QED) is 0.766. The van der Waals surface area contributed by atoms with E-state index >= 15 is 0 Å². The molecule has 0 aliphatic rings. The number of hydrogen-bond donors (Lipinski definition) is 0. The van der Waals surface area contributed by atoms with Crippen molar-refractivity contribution in [1.29, 1.82) is 0 Å². The van der Waals surface area contributed by atoms with Gasteiger partial charge in [0.25, 0.3) is 5.56 Å². The number of hydrogen-bond acceptors (Lipinski definition) is 2. The van der Waals surface area contributed by atoms with E-state index in [1.54, 1.807) is 6.07 Å². The Balaban J connectivity index is 2.63. The van der Waals surface area contributed by atoms with Crippen LogP contribution in [0.1, 0.15) is 5.56 Å². The van der Waals surface area contributed by atoms with Gasteiger partial charge in [0.15, 0.2) is 0 Å². The molecule has 0 radical (unpaired) electrons. The summed E-state index contributed by atoms with van der Waals surface area (Å²) in [5.41, 5.74) is -2.00. The summed E-state index contributed by atoms with van der Waals surface area (Å²) in [5, 5.41) is 0. The van der Waals surface area contributed by atoms with Gasteiger partial charge in [0, 0.05) is 12.4 Å². The zero-order valence-corrected chi connectivity index (χ0v) is 8.48. The third-order valence-corrected chi connectivity index (χ3v) is 2.18. The van der Waals surface area contributed by atoms with Gasteiger partial charge in [-0.2, -0.15) is 13.2 Å². The van der Waals surface area contributed by atoms with Gasteiger partial charge in [-0.15, -0.1) is 0 Å². The zero-order valence-electron chi connectivity index (χ0n) is 8.48. The first-order chi connectivity index (χ1) is 8.00. The molecule has 0 aliphatic carbocycles. The van der Waals surface area contributed by atoms with Crippen molar-refractivity contribution in [2.24, 2.45) is 0 Å². The van der Waals surface area contributed by atoms with E-state index in [4.69, 9.17) is 0 Å². The minimum atomic E-state index is -4.65. The fraction of sp³-hybridized carbons (Fsp3) is 0.0909. The molecule has 0 saturated heterocycles. The standard InChI is InChI=1S/C11H7F3N2O/c12-11(13,14)9-4-2-6-16(10(9)17)8-3-1-5-15-7-8/h1-7H. The predicted octanol–water partition coefficient (Wildman–Crippen LogP) is 2.25. The van der Waals surface area contributed by atoms with Gasteiger partial charge in [0.1, 0.15) is 5.56 Å². The Morgan fingerprint density at radius 2 is 1.94 bits per heavy atom. The van der Waals surface area contributed by atoms with Crippen molar-refractivity contribution in [2.45, 2.75) is 6.18 Å². The number of nitrogens with zero attached hydrogens (tertiary/aromatic N) is 2. The van der Waals surface area contributed by atoms with Gasteiger partial charge in [-0.3, -0.25) is 14.3 Å². The number of pyridine rings is 2. The van der Waals surface area contributed by atoms with Crippen LogP contribution in [0, 0.1) is 0 Å². The van der Waals surface area contributed by atoms with E-state index in [2.05, 4.69) is 4.98 Å². The molecule has 17 heavy (non-hydrogen) atoms. The Kier molecular flexibility index (Phi) is 2.71. The molecule has 6 heteroatoms. The van der Waals surface area contributed by atoms with Crippen molar-refractivity contribution in [1.82, 2.24) is 9.55 Å². The summed E-state index contributed by atoms with van der Waals surface area (Å²) in [6.07, 6.45) is -0.583. The molecule has 0 aromatic carbocycles. The van der Waals surface area contributed by atoms with Crippen molar-refractivity contribution in [2.75, 3.05) is 0 Å². The first kappa shape index (κ1) is 11.4. The highest BCUT2D eigenvalue weighted by atomic mass is 19.4. The molecule has 2 aromatic heterocycles. The molecule has 0 amide bonds. The van der Waals surface area contributed by atoms with Crippen molar-refractivity contribution in [3.63, 3.8) is 0 Å². The van der Waals surface area contributed by atoms with Gasteiger partial charge in [-0.1, -0.05) is 0 Å². The highest BCUT2D eigenvalue weighted by Gasteiger charge is 2.34. The minimum absolute atomic E-state index is 0.295. The van der Waals surface area contributed by atoms with Crippen LogP contribution in [0.5, 0.6) is 0 Å². The molecule has 0 N–H and O–H groups in total. The van der Waals surface area contributed by atoms with Crippen LogP contribution in [0.25, 0.3) is 5.69 Å². The first-order valence-electron chi connectivity index (χ1n) is 4.69. The van der Waals surface area contributed by atoms with Crippen LogP contribution in [-0.2, 0) is 6.18 Å². The largest absolute Gasteiger partial charge is 0.421 e. The average Bonchev–Trinajstić information content (AvgIpc) is 2.29. The molecule has 0 bridgehead atoms. The van der Waals surface area contributed by atoms with Crippen molar-refractivity contribution < 1.29 is 13.2 Å². The molecule has 0 aliphatic heterocycles. The second kappa shape index (κ2) is 4.04. The summed E-state index contributed by atoms with van der Waals surface area (Å²) < 4.78 is 38.5. The SMILES string of the molecule is O=c1c(C(F)(F)F)cccn1-c1cccnc1. The van der Waals surface area contributed by atoms with Crippen molar-refractivity contribution in [3.05, 3.63) is 58.8 Å². The molecular weight excluding hydrogens is 233 g/mol. The summed E-state index contributed by atoms with van der Waals surface area (Å²) in [4.78, 5) is 15.4. The number of alkyl halides is 3. The molecule has 2 rings (SSSR count). The smallest absolute Gasteiger partial charge is 0.282 e. The lowest BCUT2D eigenvalue weighted by Gasteiger charge is -2.09. The lowest BCUT2D eigenvalue weighted by atomic mass is 10.2. The van der Waals surface area contributed by atoms with Crippen molar-refractivity contribution in [3.8, 4) is 5.69 Å². The Labute approximate surface area is 94.2 Å². The Hall–Kier alpha value is -2.11. The van der Waals surface area contributed by atoms with E-state index in [0.717, 1.165) is 10.6 Å². The van der Waals surface area contributed by atoms with E-state index in [1.807, 2.05) is 0 Å². The Morgan fingerprint density at radius 1 is 1.18 bits per heavy atom. The molecule has 2 aromatic rings.